The smallest absolute Gasteiger partial charge is 0.408 e. The zero-order chi connectivity index (χ0) is 26.1. The molecule has 0 fully saturated rings. The average molecular weight is 494 g/mol. The summed E-state index contributed by atoms with van der Waals surface area (Å²) in [5.74, 6) is -0.363. The fourth-order valence-electron chi connectivity index (χ4n) is 3.32. The summed E-state index contributed by atoms with van der Waals surface area (Å²) in [6.45, 7) is 14.4. The van der Waals surface area contributed by atoms with Crippen LogP contribution in [0.2, 0.25) is 0 Å². The highest BCUT2D eigenvalue weighted by atomic mass is 32.2. The number of nitrogens with zero attached hydrogens (tertiary/aromatic N) is 1. The summed E-state index contributed by atoms with van der Waals surface area (Å²) < 4.78 is 5.35. The van der Waals surface area contributed by atoms with E-state index < -0.39 is 35.6 Å². The third-order valence-electron chi connectivity index (χ3n) is 4.76. The lowest BCUT2D eigenvalue weighted by atomic mass is 9.98. The number of rotatable bonds is 11. The molecule has 1 rings (SSSR count). The topological polar surface area (TPSA) is 108 Å². The number of amides is 3. The molecule has 1 aromatic carbocycles. The van der Waals surface area contributed by atoms with E-state index in [0.717, 1.165) is 0 Å². The number of aromatic hydroxyl groups is 1. The normalized spacial score (nSPS) is 13.1. The Morgan fingerprint density at radius 1 is 1.24 bits per heavy atom. The quantitative estimate of drug-likeness (QED) is 0.403. The molecule has 9 heteroatoms. The molecule has 1 aromatic rings. The SMILES string of the molecule is C=CCN(C(=O)C(CCSC)NC(=O)OC(C)(C)C)C(C(=O)NC(C)C)c1cccc(C)c1O. The van der Waals surface area contributed by atoms with Gasteiger partial charge in [0.15, 0.2) is 0 Å². The lowest BCUT2D eigenvalue weighted by Crippen LogP contribution is -2.53. The van der Waals surface area contributed by atoms with Crippen LogP contribution in [-0.4, -0.2) is 64.2 Å². The molecule has 0 spiro atoms. The maximum absolute atomic E-state index is 13.8. The number of phenols is 1. The zero-order valence-electron chi connectivity index (χ0n) is 21.3. The van der Waals surface area contributed by atoms with Crippen molar-refractivity contribution in [3.05, 3.63) is 42.0 Å². The molecule has 0 aromatic heterocycles. The molecular formula is C25H39N3O5S. The average Bonchev–Trinajstić information content (AvgIpc) is 2.71. The monoisotopic (exact) mass is 493 g/mol. The number of carbonyl (C=O) groups is 3. The highest BCUT2D eigenvalue weighted by Crippen LogP contribution is 2.32. The van der Waals surface area contributed by atoms with E-state index in [1.54, 1.807) is 45.9 Å². The Bertz CT molecular complexity index is 867. The van der Waals surface area contributed by atoms with Crippen molar-refractivity contribution in [1.82, 2.24) is 15.5 Å². The number of benzene rings is 1. The van der Waals surface area contributed by atoms with E-state index in [4.69, 9.17) is 4.74 Å². The second-order valence-corrected chi connectivity index (χ2v) is 10.3. The molecule has 8 nitrogen and oxygen atoms in total. The zero-order valence-corrected chi connectivity index (χ0v) is 22.1. The van der Waals surface area contributed by atoms with Gasteiger partial charge in [-0.2, -0.15) is 11.8 Å². The number of ether oxygens (including phenoxy) is 1. The van der Waals surface area contributed by atoms with Crippen molar-refractivity contribution in [3.63, 3.8) is 0 Å². The molecule has 0 radical (unpaired) electrons. The molecule has 0 saturated carbocycles. The van der Waals surface area contributed by atoms with Gasteiger partial charge in [-0.15, -0.1) is 6.58 Å². The second-order valence-electron chi connectivity index (χ2n) is 9.34. The Morgan fingerprint density at radius 3 is 2.41 bits per heavy atom. The molecule has 2 unspecified atom stereocenters. The molecule has 0 saturated heterocycles. The summed E-state index contributed by atoms with van der Waals surface area (Å²) >= 11 is 1.53. The molecule has 0 aliphatic carbocycles. The number of hydrogen-bond donors (Lipinski definition) is 3. The van der Waals surface area contributed by atoms with E-state index in [1.165, 1.54) is 22.7 Å². The lowest BCUT2D eigenvalue weighted by molar-refractivity contribution is -0.142. The van der Waals surface area contributed by atoms with Crippen molar-refractivity contribution < 1.29 is 24.2 Å². The highest BCUT2D eigenvalue weighted by Gasteiger charge is 2.37. The standard InChI is InChI=1S/C25H39N3O5S/c1-9-14-28(23(31)19(13-15-34-8)27-24(32)33-25(5,6)7)20(22(30)26-16(2)3)18-12-10-11-17(4)21(18)29/h9-12,16,19-20,29H,1,13-15H2,2-8H3,(H,26,30)(H,27,32). The highest BCUT2D eigenvalue weighted by molar-refractivity contribution is 7.98. The summed E-state index contributed by atoms with van der Waals surface area (Å²) in [7, 11) is 0. The molecule has 190 valence electrons. The molecule has 0 aliphatic heterocycles. The Kier molecular flexibility index (Phi) is 11.5. The van der Waals surface area contributed by atoms with Gasteiger partial charge in [0.05, 0.1) is 0 Å². The van der Waals surface area contributed by atoms with Gasteiger partial charge >= 0.3 is 6.09 Å². The first-order valence-corrected chi connectivity index (χ1v) is 12.7. The molecular weight excluding hydrogens is 454 g/mol. The predicted molar refractivity (Wildman–Crippen MR) is 137 cm³/mol. The second kappa shape index (κ2) is 13.3. The molecule has 0 bridgehead atoms. The van der Waals surface area contributed by atoms with E-state index >= 15 is 0 Å². The van der Waals surface area contributed by atoms with Gasteiger partial charge in [-0.25, -0.2) is 4.79 Å². The molecule has 0 aliphatic rings. The maximum Gasteiger partial charge on any atom is 0.408 e. The third-order valence-corrected chi connectivity index (χ3v) is 5.41. The van der Waals surface area contributed by atoms with Crippen LogP contribution in [0.1, 0.15) is 58.2 Å². The van der Waals surface area contributed by atoms with Gasteiger partial charge in [0.2, 0.25) is 11.8 Å². The van der Waals surface area contributed by atoms with Crippen LogP contribution in [0.25, 0.3) is 0 Å². The fraction of sp³-hybridized carbons (Fsp3) is 0.560. The van der Waals surface area contributed by atoms with Gasteiger partial charge in [-0.05, 0) is 65.5 Å². The van der Waals surface area contributed by atoms with E-state index in [0.29, 0.717) is 23.3 Å². The van der Waals surface area contributed by atoms with Crippen LogP contribution in [0.4, 0.5) is 4.79 Å². The number of phenolic OH excluding ortho intramolecular Hbond substituents is 1. The molecule has 34 heavy (non-hydrogen) atoms. The van der Waals surface area contributed by atoms with Crippen LogP contribution in [0.3, 0.4) is 0 Å². The van der Waals surface area contributed by atoms with Crippen LogP contribution >= 0.6 is 11.8 Å². The van der Waals surface area contributed by atoms with E-state index in [9.17, 15) is 19.5 Å². The van der Waals surface area contributed by atoms with Crippen molar-refractivity contribution in [2.75, 3.05) is 18.6 Å². The van der Waals surface area contributed by atoms with Gasteiger partial charge in [0.25, 0.3) is 0 Å². The van der Waals surface area contributed by atoms with E-state index in [2.05, 4.69) is 17.2 Å². The van der Waals surface area contributed by atoms with Crippen LogP contribution in [0.5, 0.6) is 5.75 Å². The predicted octanol–water partition coefficient (Wildman–Crippen LogP) is 3.93. The van der Waals surface area contributed by atoms with Crippen molar-refractivity contribution in [1.29, 1.82) is 0 Å². The van der Waals surface area contributed by atoms with Crippen LogP contribution < -0.4 is 10.6 Å². The Balaban J connectivity index is 3.48. The molecule has 0 heterocycles. The first-order chi connectivity index (χ1) is 15.8. The van der Waals surface area contributed by atoms with Gasteiger partial charge in [0.1, 0.15) is 23.4 Å². The first kappa shape index (κ1) is 29.4. The van der Waals surface area contributed by atoms with Crippen LogP contribution in [-0.2, 0) is 14.3 Å². The number of hydrogen-bond acceptors (Lipinski definition) is 6. The number of alkyl carbamates (subject to hydrolysis) is 1. The summed E-state index contributed by atoms with van der Waals surface area (Å²) in [5, 5.41) is 16.3. The van der Waals surface area contributed by atoms with E-state index in [1.807, 2.05) is 20.1 Å². The minimum Gasteiger partial charge on any atom is -0.507 e. The molecule has 2 atom stereocenters. The Labute approximate surface area is 207 Å². The minimum absolute atomic E-state index is 0.0359. The molecule has 3 amide bonds. The first-order valence-electron chi connectivity index (χ1n) is 11.3. The van der Waals surface area contributed by atoms with Crippen LogP contribution in [0, 0.1) is 6.92 Å². The summed E-state index contributed by atoms with van der Waals surface area (Å²) in [4.78, 5) is 40.9. The summed E-state index contributed by atoms with van der Waals surface area (Å²) in [6, 6.07) is 2.83. The van der Waals surface area contributed by atoms with Crippen LogP contribution in [0.15, 0.2) is 30.9 Å². The van der Waals surface area contributed by atoms with Gasteiger partial charge < -0.3 is 25.4 Å². The van der Waals surface area contributed by atoms with Gasteiger partial charge in [-0.1, -0.05) is 24.3 Å². The Hall–Kier alpha value is -2.68. The number of nitrogens with one attached hydrogen (secondary N) is 2. The van der Waals surface area contributed by atoms with Gasteiger partial charge in [0, 0.05) is 18.2 Å². The van der Waals surface area contributed by atoms with Crippen molar-refractivity contribution in [3.8, 4) is 5.75 Å². The number of aryl methyl sites for hydroxylation is 1. The summed E-state index contributed by atoms with van der Waals surface area (Å²) in [5.41, 5.74) is 0.149. The van der Waals surface area contributed by atoms with E-state index in [-0.39, 0.29) is 18.3 Å². The largest absolute Gasteiger partial charge is 0.507 e. The minimum atomic E-state index is -1.12. The van der Waals surface area contributed by atoms with Crippen molar-refractivity contribution in [2.45, 2.75) is 71.7 Å². The maximum atomic E-state index is 13.8. The van der Waals surface area contributed by atoms with Crippen molar-refractivity contribution in [2.24, 2.45) is 0 Å². The number of carbonyl (C=O) groups excluding carboxylic acids is 3. The number of thioether (sulfide) groups is 1. The fourth-order valence-corrected chi connectivity index (χ4v) is 3.79. The Morgan fingerprint density at radius 2 is 1.88 bits per heavy atom. The van der Waals surface area contributed by atoms with Crippen molar-refractivity contribution >= 4 is 29.7 Å². The van der Waals surface area contributed by atoms with Gasteiger partial charge in [-0.3, -0.25) is 9.59 Å². The lowest BCUT2D eigenvalue weighted by Gasteiger charge is -2.34. The molecule has 3 N–H and O–H groups in total. The number of para-hydroxylation sites is 1. The third kappa shape index (κ3) is 8.93. The summed E-state index contributed by atoms with van der Waals surface area (Å²) in [6.07, 6.45) is 3.04.